The second-order valence-electron chi connectivity index (χ2n) is 4.17. The minimum atomic E-state index is 0.0621. The normalized spacial score (nSPS) is 17.4. The summed E-state index contributed by atoms with van der Waals surface area (Å²) in [5.74, 6) is 0.404. The zero-order valence-corrected chi connectivity index (χ0v) is 9.93. The molecule has 1 aliphatic carbocycles. The Kier molecular flexibility index (Phi) is 5.82. The van der Waals surface area contributed by atoms with Crippen LogP contribution in [0.3, 0.4) is 0 Å². The van der Waals surface area contributed by atoms with Gasteiger partial charge in [-0.2, -0.15) is 10.5 Å². The maximum Gasteiger partial charge on any atom is 0.223 e. The number of nitrogens with zero attached hydrogens (tertiary/aromatic N) is 3. The number of carbonyl (C=O) groups excluding carboxylic acids is 1. The Bertz CT molecular complexity index is 344. The third kappa shape index (κ3) is 4.70. The van der Waals surface area contributed by atoms with Gasteiger partial charge in [0, 0.05) is 19.5 Å². The van der Waals surface area contributed by atoms with Crippen molar-refractivity contribution in [3.05, 3.63) is 12.2 Å². The number of hydrogen-bond acceptors (Lipinski definition) is 3. The lowest BCUT2D eigenvalue weighted by molar-refractivity contribution is -0.131. The van der Waals surface area contributed by atoms with Crippen molar-refractivity contribution < 1.29 is 4.79 Å². The summed E-state index contributed by atoms with van der Waals surface area (Å²) in [6.07, 6.45) is 7.45. The van der Waals surface area contributed by atoms with Crippen molar-refractivity contribution in [3.63, 3.8) is 0 Å². The first-order chi connectivity index (χ1) is 8.27. The van der Waals surface area contributed by atoms with Gasteiger partial charge in [-0.05, 0) is 18.8 Å². The molecule has 1 amide bonds. The molecule has 1 aliphatic rings. The highest BCUT2D eigenvalue weighted by Gasteiger charge is 2.18. The van der Waals surface area contributed by atoms with Crippen LogP contribution in [0.4, 0.5) is 0 Å². The molecular formula is C13H17N3O. The molecule has 0 bridgehead atoms. The molecule has 0 heterocycles. The maximum atomic E-state index is 12.0. The van der Waals surface area contributed by atoms with Gasteiger partial charge in [-0.25, -0.2) is 0 Å². The SMILES string of the molecule is N#CCCN(CCC#N)C(=O)CC1C=CCC1. The van der Waals surface area contributed by atoms with E-state index in [1.165, 1.54) is 0 Å². The highest BCUT2D eigenvalue weighted by Crippen LogP contribution is 2.21. The van der Waals surface area contributed by atoms with Crippen LogP contribution in [-0.2, 0) is 4.79 Å². The molecule has 0 aliphatic heterocycles. The highest BCUT2D eigenvalue weighted by molar-refractivity contribution is 5.76. The Balaban J connectivity index is 2.43. The van der Waals surface area contributed by atoms with Crippen molar-refractivity contribution in [1.82, 2.24) is 4.90 Å². The first kappa shape index (κ1) is 13.3. The van der Waals surface area contributed by atoms with Crippen LogP contribution in [0, 0.1) is 28.6 Å². The number of nitriles is 2. The average Bonchev–Trinajstić information content (AvgIpc) is 2.82. The molecule has 0 N–H and O–H groups in total. The first-order valence-electron chi connectivity index (χ1n) is 5.96. The molecule has 1 unspecified atom stereocenters. The van der Waals surface area contributed by atoms with E-state index >= 15 is 0 Å². The van der Waals surface area contributed by atoms with Gasteiger partial charge in [0.25, 0.3) is 0 Å². The molecule has 0 aromatic carbocycles. The van der Waals surface area contributed by atoms with Crippen LogP contribution in [0.1, 0.15) is 32.1 Å². The van der Waals surface area contributed by atoms with Crippen LogP contribution >= 0.6 is 0 Å². The first-order valence-corrected chi connectivity index (χ1v) is 5.96. The molecule has 0 radical (unpaired) electrons. The molecule has 1 rings (SSSR count). The number of rotatable bonds is 6. The summed E-state index contributed by atoms with van der Waals surface area (Å²) in [5, 5.41) is 17.1. The predicted molar refractivity (Wildman–Crippen MR) is 63.5 cm³/mol. The lowest BCUT2D eigenvalue weighted by Gasteiger charge is -2.21. The molecule has 0 aromatic heterocycles. The van der Waals surface area contributed by atoms with E-state index in [4.69, 9.17) is 10.5 Å². The van der Waals surface area contributed by atoms with Crippen LogP contribution < -0.4 is 0 Å². The van der Waals surface area contributed by atoms with Gasteiger partial charge in [-0.1, -0.05) is 12.2 Å². The number of hydrogen-bond donors (Lipinski definition) is 0. The molecule has 17 heavy (non-hydrogen) atoms. The van der Waals surface area contributed by atoms with Crippen LogP contribution in [0.5, 0.6) is 0 Å². The minimum absolute atomic E-state index is 0.0621. The van der Waals surface area contributed by atoms with Crippen molar-refractivity contribution in [1.29, 1.82) is 10.5 Å². The van der Waals surface area contributed by atoms with E-state index in [1.807, 2.05) is 12.1 Å². The van der Waals surface area contributed by atoms with Crippen molar-refractivity contribution in [2.75, 3.05) is 13.1 Å². The fourth-order valence-corrected chi connectivity index (χ4v) is 1.95. The number of carbonyl (C=O) groups is 1. The second-order valence-corrected chi connectivity index (χ2v) is 4.17. The molecule has 0 saturated heterocycles. The van der Waals surface area contributed by atoms with Crippen molar-refractivity contribution in [3.8, 4) is 12.1 Å². The largest absolute Gasteiger partial charge is 0.341 e. The molecule has 1 atom stereocenters. The fourth-order valence-electron chi connectivity index (χ4n) is 1.95. The molecule has 0 aromatic rings. The number of amides is 1. The van der Waals surface area contributed by atoms with Gasteiger partial charge in [0.05, 0.1) is 25.0 Å². The zero-order valence-electron chi connectivity index (χ0n) is 9.93. The molecule has 4 nitrogen and oxygen atoms in total. The third-order valence-electron chi connectivity index (χ3n) is 2.89. The summed E-state index contributed by atoms with van der Waals surface area (Å²) in [7, 11) is 0. The van der Waals surface area contributed by atoms with Gasteiger partial charge in [0.1, 0.15) is 0 Å². The van der Waals surface area contributed by atoms with Gasteiger partial charge in [-0.15, -0.1) is 0 Å². The minimum Gasteiger partial charge on any atom is -0.341 e. The van der Waals surface area contributed by atoms with E-state index in [1.54, 1.807) is 4.90 Å². The molecule has 90 valence electrons. The zero-order chi connectivity index (χ0) is 12.5. The van der Waals surface area contributed by atoms with Crippen LogP contribution in [0.2, 0.25) is 0 Å². The van der Waals surface area contributed by atoms with Gasteiger partial charge < -0.3 is 4.90 Å². The predicted octanol–water partition coefficient (Wildman–Crippen LogP) is 2.00. The molecule has 4 heteroatoms. The Morgan fingerprint density at radius 2 is 1.94 bits per heavy atom. The lowest BCUT2D eigenvalue weighted by Crippen LogP contribution is -2.33. The van der Waals surface area contributed by atoms with Crippen LogP contribution in [0.15, 0.2) is 12.2 Å². The summed E-state index contributed by atoms with van der Waals surface area (Å²) in [6, 6.07) is 4.06. The van der Waals surface area contributed by atoms with Gasteiger partial charge >= 0.3 is 0 Å². The Hall–Kier alpha value is -1.81. The summed E-state index contributed by atoms with van der Waals surface area (Å²) >= 11 is 0. The molecular weight excluding hydrogens is 214 g/mol. The van der Waals surface area contributed by atoms with E-state index in [0.29, 0.717) is 38.3 Å². The van der Waals surface area contributed by atoms with Crippen molar-refractivity contribution in [2.45, 2.75) is 32.1 Å². The Morgan fingerprint density at radius 3 is 2.41 bits per heavy atom. The van der Waals surface area contributed by atoms with Crippen LogP contribution in [0.25, 0.3) is 0 Å². The van der Waals surface area contributed by atoms with E-state index < -0.39 is 0 Å². The summed E-state index contributed by atoms with van der Waals surface area (Å²) in [5.41, 5.74) is 0. The fraction of sp³-hybridized carbons (Fsp3) is 0.615. The second kappa shape index (κ2) is 7.46. The van der Waals surface area contributed by atoms with Gasteiger partial charge in [0.2, 0.25) is 5.91 Å². The summed E-state index contributed by atoms with van der Waals surface area (Å²) in [4.78, 5) is 13.6. The van der Waals surface area contributed by atoms with Gasteiger partial charge in [-0.3, -0.25) is 4.79 Å². The number of allylic oxidation sites excluding steroid dienone is 2. The maximum absolute atomic E-state index is 12.0. The van der Waals surface area contributed by atoms with Gasteiger partial charge in [0.15, 0.2) is 0 Å². The summed E-state index contributed by atoms with van der Waals surface area (Å²) < 4.78 is 0. The van der Waals surface area contributed by atoms with E-state index in [9.17, 15) is 4.79 Å². The topological polar surface area (TPSA) is 67.9 Å². The molecule has 0 fully saturated rings. The highest BCUT2D eigenvalue weighted by atomic mass is 16.2. The third-order valence-corrected chi connectivity index (χ3v) is 2.89. The average molecular weight is 231 g/mol. The van der Waals surface area contributed by atoms with Crippen molar-refractivity contribution >= 4 is 5.91 Å². The molecule has 0 saturated carbocycles. The monoisotopic (exact) mass is 231 g/mol. The summed E-state index contributed by atoms with van der Waals surface area (Å²) in [6.45, 7) is 0.876. The Labute approximate surface area is 102 Å². The quantitative estimate of drug-likeness (QED) is 0.656. The van der Waals surface area contributed by atoms with E-state index in [2.05, 4.69) is 12.2 Å². The molecule has 0 spiro atoms. The smallest absolute Gasteiger partial charge is 0.223 e. The standard InChI is InChI=1S/C13H17N3O/c14-7-3-9-16(10-4-8-15)13(17)11-12-5-1-2-6-12/h1,5,12H,2-4,6,9-11H2. The van der Waals surface area contributed by atoms with Crippen molar-refractivity contribution in [2.24, 2.45) is 5.92 Å². The van der Waals surface area contributed by atoms with E-state index in [-0.39, 0.29) is 5.91 Å². The van der Waals surface area contributed by atoms with E-state index in [0.717, 1.165) is 12.8 Å². The Morgan fingerprint density at radius 1 is 1.29 bits per heavy atom. The lowest BCUT2D eigenvalue weighted by atomic mass is 10.0. The van der Waals surface area contributed by atoms with Crippen LogP contribution in [-0.4, -0.2) is 23.9 Å².